The number of urea groups is 1. The van der Waals surface area contributed by atoms with Gasteiger partial charge in [-0.3, -0.25) is 0 Å². The van der Waals surface area contributed by atoms with Crippen LogP contribution in [0.4, 0.5) is 19.3 Å². The molecule has 8 heteroatoms. The molecule has 1 aliphatic rings. The number of furan rings is 1. The van der Waals surface area contributed by atoms with Gasteiger partial charge in [0.1, 0.15) is 23.0 Å². The number of aryl methyl sites for hydroxylation is 1. The topological polar surface area (TPSA) is 77.7 Å². The Hall–Kier alpha value is -3.13. The van der Waals surface area contributed by atoms with Crippen molar-refractivity contribution in [2.45, 2.75) is 45.4 Å². The summed E-state index contributed by atoms with van der Waals surface area (Å²) in [6.45, 7) is 5.00. The van der Waals surface area contributed by atoms with Crippen LogP contribution in [0.5, 0.6) is 0 Å². The van der Waals surface area contributed by atoms with E-state index < -0.39 is 12.1 Å². The van der Waals surface area contributed by atoms with Gasteiger partial charge in [0.2, 0.25) is 0 Å². The number of hydrogen-bond acceptors (Lipinski definition) is 4. The molecule has 6 nitrogen and oxygen atoms in total. The summed E-state index contributed by atoms with van der Waals surface area (Å²) < 4.78 is 33.9. The lowest BCUT2D eigenvalue weighted by Crippen LogP contribution is -2.37. The maximum atomic E-state index is 14.6. The summed E-state index contributed by atoms with van der Waals surface area (Å²) in [6.07, 6.45) is 0.935. The molecule has 0 saturated carbocycles. The average Bonchev–Trinajstić information content (AvgIpc) is 3.09. The van der Waals surface area contributed by atoms with E-state index in [0.717, 1.165) is 5.56 Å². The third kappa shape index (κ3) is 4.70. The summed E-state index contributed by atoms with van der Waals surface area (Å²) in [4.78, 5) is 14.3. The van der Waals surface area contributed by atoms with Gasteiger partial charge in [0.15, 0.2) is 0 Å². The van der Waals surface area contributed by atoms with E-state index in [-0.39, 0.29) is 24.3 Å². The molecule has 1 atom stereocenters. The first-order chi connectivity index (χ1) is 15.3. The quantitative estimate of drug-likeness (QED) is 0.541. The molecule has 1 saturated heterocycles. The zero-order valence-corrected chi connectivity index (χ0v) is 18.1. The average molecular weight is 443 g/mol. The Balaban J connectivity index is 1.35. The zero-order chi connectivity index (χ0) is 22.8. The number of aliphatic hydroxyl groups excluding tert-OH is 1. The van der Waals surface area contributed by atoms with E-state index in [1.165, 1.54) is 18.2 Å². The molecule has 4 rings (SSSR count). The maximum absolute atomic E-state index is 14.6. The first kappa shape index (κ1) is 22.1. The minimum atomic E-state index is -0.431. The number of rotatable bonds is 5. The first-order valence-electron chi connectivity index (χ1n) is 10.8. The normalized spacial score (nSPS) is 15.7. The van der Waals surface area contributed by atoms with Gasteiger partial charge in [-0.25, -0.2) is 13.6 Å². The molecular weight excluding hydrogens is 416 g/mol. The van der Waals surface area contributed by atoms with Crippen LogP contribution in [0.1, 0.15) is 42.7 Å². The predicted octanol–water partition coefficient (Wildman–Crippen LogP) is 4.54. The van der Waals surface area contributed by atoms with Gasteiger partial charge in [-0.2, -0.15) is 0 Å². The van der Waals surface area contributed by atoms with E-state index in [1.54, 1.807) is 25.1 Å². The lowest BCUT2D eigenvalue weighted by molar-refractivity contribution is 0.145. The second-order valence-corrected chi connectivity index (χ2v) is 8.28. The van der Waals surface area contributed by atoms with Crippen molar-refractivity contribution in [2.24, 2.45) is 0 Å². The highest BCUT2D eigenvalue weighted by Crippen LogP contribution is 2.30. The zero-order valence-electron chi connectivity index (χ0n) is 18.1. The third-order valence-corrected chi connectivity index (χ3v) is 5.95. The number of amides is 2. The summed E-state index contributed by atoms with van der Waals surface area (Å²) in [7, 11) is 0. The predicted molar refractivity (Wildman–Crippen MR) is 119 cm³/mol. The molecule has 0 aliphatic carbocycles. The summed E-state index contributed by atoms with van der Waals surface area (Å²) in [5, 5.41) is 15.8. The largest absolute Gasteiger partial charge is 0.459 e. The Labute approximate surface area is 185 Å². The minimum absolute atomic E-state index is 0.165. The number of benzene rings is 2. The van der Waals surface area contributed by atoms with E-state index in [1.807, 2.05) is 11.8 Å². The van der Waals surface area contributed by atoms with Crippen molar-refractivity contribution in [3.05, 3.63) is 64.9 Å². The van der Waals surface area contributed by atoms with Crippen molar-refractivity contribution in [1.82, 2.24) is 10.6 Å². The van der Waals surface area contributed by atoms with Crippen molar-refractivity contribution < 1.29 is 23.1 Å². The number of hydrogen-bond donors (Lipinski definition) is 3. The fourth-order valence-electron chi connectivity index (χ4n) is 4.14. The molecule has 2 amide bonds. The van der Waals surface area contributed by atoms with Gasteiger partial charge < -0.3 is 25.1 Å². The second kappa shape index (κ2) is 9.16. The molecule has 0 radical (unpaired) electrons. The molecule has 1 unspecified atom stereocenters. The van der Waals surface area contributed by atoms with Crippen molar-refractivity contribution in [2.75, 3.05) is 18.0 Å². The highest BCUT2D eigenvalue weighted by Gasteiger charge is 2.21. The second-order valence-electron chi connectivity index (χ2n) is 8.28. The number of piperidine rings is 1. The molecule has 0 bridgehead atoms. The van der Waals surface area contributed by atoms with Gasteiger partial charge in [0, 0.05) is 30.6 Å². The molecule has 1 aromatic heterocycles. The van der Waals surface area contributed by atoms with Crippen LogP contribution < -0.4 is 15.5 Å². The van der Waals surface area contributed by atoms with Crippen LogP contribution in [0, 0.1) is 18.6 Å². The van der Waals surface area contributed by atoms with Gasteiger partial charge in [-0.1, -0.05) is 6.07 Å². The third-order valence-electron chi connectivity index (χ3n) is 5.95. The minimum Gasteiger partial charge on any atom is -0.459 e. The van der Waals surface area contributed by atoms with Gasteiger partial charge >= 0.3 is 6.03 Å². The number of halogens is 2. The lowest BCUT2D eigenvalue weighted by atomic mass is 10.1. The summed E-state index contributed by atoms with van der Waals surface area (Å²) in [6, 6.07) is 8.37. The van der Waals surface area contributed by atoms with Crippen molar-refractivity contribution >= 4 is 22.7 Å². The first-order valence-corrected chi connectivity index (χ1v) is 10.8. The van der Waals surface area contributed by atoms with E-state index in [2.05, 4.69) is 10.6 Å². The lowest BCUT2D eigenvalue weighted by Gasteiger charge is -2.31. The fourth-order valence-corrected chi connectivity index (χ4v) is 4.14. The van der Waals surface area contributed by atoms with Crippen LogP contribution in [-0.2, 0) is 6.54 Å². The van der Waals surface area contributed by atoms with Crippen LogP contribution in [0.15, 0.2) is 40.8 Å². The fraction of sp³-hybridized carbons (Fsp3) is 0.375. The molecule has 1 aliphatic heterocycles. The maximum Gasteiger partial charge on any atom is 0.315 e. The number of aliphatic hydroxyl groups is 1. The van der Waals surface area contributed by atoms with E-state index in [0.29, 0.717) is 53.9 Å². The van der Waals surface area contributed by atoms with Crippen LogP contribution in [0.25, 0.3) is 11.0 Å². The molecule has 3 N–H and O–H groups in total. The molecular formula is C24H27F2N3O3. The van der Waals surface area contributed by atoms with E-state index >= 15 is 0 Å². The molecule has 32 heavy (non-hydrogen) atoms. The van der Waals surface area contributed by atoms with Gasteiger partial charge in [0.25, 0.3) is 0 Å². The molecule has 1 fully saturated rings. The number of nitrogens with zero attached hydrogens (tertiary/aromatic N) is 1. The number of carbonyl (C=O) groups is 1. The standard InChI is InChI=1S/C24H27F2N3O3/c1-14-19-12-17(25)4-6-22(19)32-23(14)15(2)28-24(31)27-13-16-3-5-21(20(26)11-16)29-9-7-18(30)8-10-29/h3-6,11-12,15,18,30H,7-10,13H2,1-2H3,(H2,27,28,31). The monoisotopic (exact) mass is 443 g/mol. The Morgan fingerprint density at radius 3 is 2.69 bits per heavy atom. The van der Waals surface area contributed by atoms with Crippen LogP contribution in [0.3, 0.4) is 0 Å². The Kier molecular flexibility index (Phi) is 6.32. The van der Waals surface area contributed by atoms with Crippen molar-refractivity contribution in [3.63, 3.8) is 0 Å². The Morgan fingerprint density at radius 1 is 1.22 bits per heavy atom. The highest BCUT2D eigenvalue weighted by molar-refractivity contribution is 5.82. The molecule has 3 aromatic rings. The number of anilines is 1. The Morgan fingerprint density at radius 2 is 1.97 bits per heavy atom. The SMILES string of the molecule is Cc1c(C(C)NC(=O)NCc2ccc(N3CCC(O)CC3)c(F)c2)oc2ccc(F)cc12. The van der Waals surface area contributed by atoms with E-state index in [4.69, 9.17) is 4.42 Å². The molecule has 2 aromatic carbocycles. The Bertz CT molecular complexity index is 1120. The molecule has 2 heterocycles. The summed E-state index contributed by atoms with van der Waals surface area (Å²) in [5.41, 5.74) is 2.49. The van der Waals surface area contributed by atoms with Crippen molar-refractivity contribution in [3.8, 4) is 0 Å². The number of nitrogens with one attached hydrogen (secondary N) is 2. The van der Waals surface area contributed by atoms with Crippen molar-refractivity contribution in [1.29, 1.82) is 0 Å². The number of fused-ring (bicyclic) bond motifs is 1. The molecule has 170 valence electrons. The number of carbonyl (C=O) groups excluding carboxylic acids is 1. The van der Waals surface area contributed by atoms with Crippen LogP contribution >= 0.6 is 0 Å². The van der Waals surface area contributed by atoms with Gasteiger partial charge in [-0.05, 0) is 62.6 Å². The highest BCUT2D eigenvalue weighted by atomic mass is 19.1. The summed E-state index contributed by atoms with van der Waals surface area (Å²) >= 11 is 0. The van der Waals surface area contributed by atoms with E-state index in [9.17, 15) is 18.7 Å². The van der Waals surface area contributed by atoms with Crippen LogP contribution in [-0.4, -0.2) is 30.3 Å². The molecule has 0 spiro atoms. The summed E-state index contributed by atoms with van der Waals surface area (Å²) in [5.74, 6) is -0.134. The van der Waals surface area contributed by atoms with Gasteiger partial charge in [0.05, 0.1) is 17.8 Å². The van der Waals surface area contributed by atoms with Crippen LogP contribution in [0.2, 0.25) is 0 Å². The smallest absolute Gasteiger partial charge is 0.315 e. The van der Waals surface area contributed by atoms with Gasteiger partial charge in [-0.15, -0.1) is 0 Å².